The van der Waals surface area contributed by atoms with Gasteiger partial charge < -0.3 is 21.1 Å². The minimum absolute atomic E-state index is 0.301. The number of nitrogens with two attached hydrogens (primary N) is 1. The Kier molecular flexibility index (Phi) is 6.28. The Morgan fingerprint density at radius 2 is 1.92 bits per heavy atom. The van der Waals surface area contributed by atoms with E-state index in [9.17, 15) is 10.2 Å². The SMILES string of the molecule is CCCC[C@@H](O)[C@@H](O)[C@@H](N)CO. The lowest BCUT2D eigenvalue weighted by Gasteiger charge is -2.21. The standard InChI is InChI=1S/C8H19NO3/c1-2-3-4-7(11)8(12)6(9)5-10/h6-8,10-12H,2-5,9H2,1H3/t6-,7+,8-/m0/s1. The Morgan fingerprint density at radius 3 is 2.33 bits per heavy atom. The number of unbranched alkanes of at least 4 members (excludes halogenated alkanes) is 1. The van der Waals surface area contributed by atoms with Crippen LogP contribution in [-0.4, -0.2) is 40.2 Å². The topological polar surface area (TPSA) is 86.7 Å². The van der Waals surface area contributed by atoms with E-state index in [1.165, 1.54) is 0 Å². The van der Waals surface area contributed by atoms with Crippen LogP contribution in [-0.2, 0) is 0 Å². The summed E-state index contributed by atoms with van der Waals surface area (Å²) in [6, 6.07) is -0.739. The first-order valence-corrected chi connectivity index (χ1v) is 4.36. The first kappa shape index (κ1) is 11.8. The molecule has 0 heterocycles. The molecule has 0 aromatic carbocycles. The van der Waals surface area contributed by atoms with Crippen molar-refractivity contribution >= 4 is 0 Å². The van der Waals surface area contributed by atoms with E-state index in [-0.39, 0.29) is 6.61 Å². The van der Waals surface area contributed by atoms with E-state index in [4.69, 9.17) is 10.8 Å². The lowest BCUT2D eigenvalue weighted by molar-refractivity contribution is -0.0119. The fourth-order valence-electron chi connectivity index (χ4n) is 0.977. The van der Waals surface area contributed by atoms with Gasteiger partial charge in [-0.1, -0.05) is 19.8 Å². The fourth-order valence-corrected chi connectivity index (χ4v) is 0.977. The Bertz CT molecular complexity index is 110. The highest BCUT2D eigenvalue weighted by Gasteiger charge is 2.21. The highest BCUT2D eigenvalue weighted by Crippen LogP contribution is 2.06. The Balaban J connectivity index is 3.67. The summed E-state index contributed by atoms with van der Waals surface area (Å²) in [6.45, 7) is 1.70. The number of hydrogen-bond acceptors (Lipinski definition) is 4. The van der Waals surface area contributed by atoms with Gasteiger partial charge in [0.05, 0.1) is 24.9 Å². The molecule has 3 atom stereocenters. The first-order chi connectivity index (χ1) is 5.63. The Labute approximate surface area is 73.0 Å². The van der Waals surface area contributed by atoms with Crippen molar-refractivity contribution in [3.63, 3.8) is 0 Å². The van der Waals surface area contributed by atoms with Gasteiger partial charge in [0.15, 0.2) is 0 Å². The van der Waals surface area contributed by atoms with Crippen LogP contribution in [0, 0.1) is 0 Å². The second kappa shape index (κ2) is 6.37. The van der Waals surface area contributed by atoms with Crippen molar-refractivity contribution in [3.05, 3.63) is 0 Å². The summed E-state index contributed by atoms with van der Waals surface area (Å²) in [5.41, 5.74) is 5.33. The van der Waals surface area contributed by atoms with Crippen LogP contribution < -0.4 is 5.73 Å². The molecule has 0 saturated heterocycles. The molecular formula is C8H19NO3. The van der Waals surface area contributed by atoms with Gasteiger partial charge in [0.25, 0.3) is 0 Å². The van der Waals surface area contributed by atoms with E-state index in [1.807, 2.05) is 6.92 Å². The molecule has 0 spiro atoms. The molecule has 12 heavy (non-hydrogen) atoms. The molecule has 0 aliphatic carbocycles. The van der Waals surface area contributed by atoms with Crippen LogP contribution in [0.1, 0.15) is 26.2 Å². The zero-order valence-electron chi connectivity index (χ0n) is 7.48. The van der Waals surface area contributed by atoms with Crippen LogP contribution in [0.3, 0.4) is 0 Å². The molecule has 74 valence electrons. The molecule has 0 saturated carbocycles. The Morgan fingerprint density at radius 1 is 1.33 bits per heavy atom. The summed E-state index contributed by atoms with van der Waals surface area (Å²) in [5.74, 6) is 0. The highest BCUT2D eigenvalue weighted by atomic mass is 16.3. The average molecular weight is 177 g/mol. The number of aliphatic hydroxyl groups is 3. The molecular weight excluding hydrogens is 158 g/mol. The average Bonchev–Trinajstić information content (AvgIpc) is 2.11. The second-order valence-corrected chi connectivity index (χ2v) is 3.05. The van der Waals surface area contributed by atoms with Gasteiger partial charge in [-0.25, -0.2) is 0 Å². The summed E-state index contributed by atoms with van der Waals surface area (Å²) in [5, 5.41) is 27.2. The maximum absolute atomic E-state index is 9.31. The lowest BCUT2D eigenvalue weighted by Crippen LogP contribution is -2.45. The van der Waals surface area contributed by atoms with Gasteiger partial charge >= 0.3 is 0 Å². The summed E-state index contributed by atoms with van der Waals surface area (Å²) < 4.78 is 0. The van der Waals surface area contributed by atoms with Crippen molar-refractivity contribution in [3.8, 4) is 0 Å². The highest BCUT2D eigenvalue weighted by molar-refractivity contribution is 4.77. The smallest absolute Gasteiger partial charge is 0.0971 e. The monoisotopic (exact) mass is 177 g/mol. The van der Waals surface area contributed by atoms with Crippen molar-refractivity contribution in [2.45, 2.75) is 44.4 Å². The summed E-state index contributed by atoms with van der Waals surface area (Å²) in [4.78, 5) is 0. The van der Waals surface area contributed by atoms with Crippen LogP contribution in [0.25, 0.3) is 0 Å². The Hall–Kier alpha value is -0.160. The van der Waals surface area contributed by atoms with E-state index in [0.717, 1.165) is 12.8 Å². The van der Waals surface area contributed by atoms with E-state index in [0.29, 0.717) is 6.42 Å². The van der Waals surface area contributed by atoms with Crippen LogP contribution in [0.15, 0.2) is 0 Å². The maximum Gasteiger partial charge on any atom is 0.0971 e. The maximum atomic E-state index is 9.31. The first-order valence-electron chi connectivity index (χ1n) is 4.36. The molecule has 0 aliphatic heterocycles. The van der Waals surface area contributed by atoms with Crippen LogP contribution in [0.5, 0.6) is 0 Å². The zero-order chi connectivity index (χ0) is 9.56. The van der Waals surface area contributed by atoms with Crippen LogP contribution >= 0.6 is 0 Å². The molecule has 4 nitrogen and oxygen atoms in total. The van der Waals surface area contributed by atoms with Crippen molar-refractivity contribution in [1.29, 1.82) is 0 Å². The summed E-state index contributed by atoms with van der Waals surface area (Å²) in [7, 11) is 0. The third-order valence-electron chi connectivity index (χ3n) is 1.90. The molecule has 0 fully saturated rings. The van der Waals surface area contributed by atoms with E-state index >= 15 is 0 Å². The minimum atomic E-state index is -1.01. The quantitative estimate of drug-likeness (QED) is 0.428. The minimum Gasteiger partial charge on any atom is -0.395 e. The number of aliphatic hydroxyl groups excluding tert-OH is 3. The number of rotatable bonds is 6. The van der Waals surface area contributed by atoms with Crippen LogP contribution in [0.4, 0.5) is 0 Å². The van der Waals surface area contributed by atoms with Gasteiger partial charge in [0, 0.05) is 0 Å². The van der Waals surface area contributed by atoms with Gasteiger partial charge in [-0.05, 0) is 6.42 Å². The van der Waals surface area contributed by atoms with E-state index in [2.05, 4.69) is 0 Å². The van der Waals surface area contributed by atoms with Gasteiger partial charge in [-0.15, -0.1) is 0 Å². The summed E-state index contributed by atoms with van der Waals surface area (Å²) >= 11 is 0. The van der Waals surface area contributed by atoms with E-state index < -0.39 is 18.2 Å². The molecule has 0 amide bonds. The third kappa shape index (κ3) is 4.01. The van der Waals surface area contributed by atoms with Crippen molar-refractivity contribution in [1.82, 2.24) is 0 Å². The lowest BCUT2D eigenvalue weighted by atomic mass is 10.0. The molecule has 0 aromatic heterocycles. The predicted molar refractivity (Wildman–Crippen MR) is 46.6 cm³/mol. The van der Waals surface area contributed by atoms with Crippen molar-refractivity contribution in [2.75, 3.05) is 6.61 Å². The van der Waals surface area contributed by atoms with Crippen LogP contribution in [0.2, 0.25) is 0 Å². The molecule has 0 aliphatic rings. The van der Waals surface area contributed by atoms with Gasteiger partial charge in [0.1, 0.15) is 0 Å². The zero-order valence-corrected chi connectivity index (χ0v) is 7.48. The molecule has 0 aromatic rings. The molecule has 0 unspecified atom stereocenters. The largest absolute Gasteiger partial charge is 0.395 e. The molecule has 4 heteroatoms. The van der Waals surface area contributed by atoms with Crippen molar-refractivity contribution < 1.29 is 15.3 Å². The number of hydrogen-bond donors (Lipinski definition) is 4. The van der Waals surface area contributed by atoms with Gasteiger partial charge in [-0.3, -0.25) is 0 Å². The fraction of sp³-hybridized carbons (Fsp3) is 1.00. The van der Waals surface area contributed by atoms with E-state index in [1.54, 1.807) is 0 Å². The molecule has 0 radical (unpaired) electrons. The normalized spacial score (nSPS) is 18.8. The second-order valence-electron chi connectivity index (χ2n) is 3.05. The van der Waals surface area contributed by atoms with Crippen molar-refractivity contribution in [2.24, 2.45) is 5.73 Å². The molecule has 5 N–H and O–H groups in total. The molecule has 0 bridgehead atoms. The molecule has 0 rings (SSSR count). The summed E-state index contributed by atoms with van der Waals surface area (Å²) in [6.07, 6.45) is 0.536. The van der Waals surface area contributed by atoms with Gasteiger partial charge in [0.2, 0.25) is 0 Å². The third-order valence-corrected chi connectivity index (χ3v) is 1.90. The van der Waals surface area contributed by atoms with Gasteiger partial charge in [-0.2, -0.15) is 0 Å². The predicted octanol–water partition coefficient (Wildman–Crippen LogP) is -0.782.